The summed E-state index contributed by atoms with van der Waals surface area (Å²) in [5.74, 6) is 1.09. The number of hydrogen-bond donors (Lipinski definition) is 0. The minimum atomic E-state index is 0.168. The minimum Gasteiger partial charge on any atom is -0.0622 e. The summed E-state index contributed by atoms with van der Waals surface area (Å²) in [7, 11) is 0. The molecular formula is C9H18. The summed E-state index contributed by atoms with van der Waals surface area (Å²) >= 11 is 0. The fourth-order valence-electron chi connectivity index (χ4n) is 0.770. The van der Waals surface area contributed by atoms with Crippen LogP contribution >= 0.6 is 0 Å². The van der Waals surface area contributed by atoms with Gasteiger partial charge in [-0.2, -0.15) is 0 Å². The Hall–Kier alpha value is 0. The molecule has 0 aliphatic carbocycles. The van der Waals surface area contributed by atoms with Gasteiger partial charge >= 0.3 is 0 Å². The smallest absolute Gasteiger partial charge is 0.0326 e. The Kier molecular flexibility index (Phi) is 2.72. The van der Waals surface area contributed by atoms with Crippen molar-refractivity contribution in [2.75, 3.05) is 0 Å². The van der Waals surface area contributed by atoms with Gasteiger partial charge in [-0.1, -0.05) is 34.6 Å². The lowest BCUT2D eigenvalue weighted by molar-refractivity contribution is 0.248. The van der Waals surface area contributed by atoms with Gasteiger partial charge in [-0.15, -0.1) is 0 Å². The van der Waals surface area contributed by atoms with Crippen LogP contribution in [0.25, 0.3) is 0 Å². The van der Waals surface area contributed by atoms with Gasteiger partial charge in [-0.3, -0.25) is 0 Å². The van der Waals surface area contributed by atoms with Crippen LogP contribution in [0.1, 0.15) is 27.7 Å². The zero-order valence-corrected chi connectivity index (χ0v) is 7.07. The molecule has 0 fully saturated rings. The third-order valence-electron chi connectivity index (χ3n) is 2.09. The van der Waals surface area contributed by atoms with Crippen LogP contribution in [-0.4, -0.2) is 0 Å². The predicted molar refractivity (Wildman–Crippen MR) is 42.8 cm³/mol. The highest BCUT2D eigenvalue weighted by atomic mass is 14.3. The van der Waals surface area contributed by atoms with Crippen molar-refractivity contribution in [1.82, 2.24) is 0 Å². The molecule has 0 N–H and O–H groups in total. The van der Waals surface area contributed by atoms with Gasteiger partial charge in [-0.05, 0) is 24.2 Å². The summed E-state index contributed by atoms with van der Waals surface area (Å²) < 4.78 is 0. The van der Waals surface area contributed by atoms with Gasteiger partial charge in [0.25, 0.3) is 0 Å². The molecule has 0 aromatic carbocycles. The molecule has 0 aromatic heterocycles. The van der Waals surface area contributed by atoms with E-state index in [-0.39, 0.29) is 5.41 Å². The molecule has 0 saturated carbocycles. The summed E-state index contributed by atoms with van der Waals surface area (Å²) in [4.78, 5) is 0. The largest absolute Gasteiger partial charge is 0.0622 e. The molecule has 2 unspecified atom stereocenters. The lowest BCUT2D eigenvalue weighted by Gasteiger charge is -2.30. The van der Waals surface area contributed by atoms with Crippen molar-refractivity contribution in [2.45, 2.75) is 27.7 Å². The van der Waals surface area contributed by atoms with Gasteiger partial charge in [0.15, 0.2) is 0 Å². The average Bonchev–Trinajstić information content (AvgIpc) is 1.62. The van der Waals surface area contributed by atoms with Gasteiger partial charge in [-0.25, -0.2) is 0 Å². The van der Waals surface area contributed by atoms with Gasteiger partial charge < -0.3 is 0 Å². The van der Waals surface area contributed by atoms with Gasteiger partial charge in [0.1, 0.15) is 0 Å². The van der Waals surface area contributed by atoms with E-state index < -0.39 is 0 Å². The standard InChI is InChI=1S/C9H18/c1-7(2)8(3)9(4,5)6/h7-8H,1,4H2,2-3,5-6H3. The van der Waals surface area contributed by atoms with Crippen molar-refractivity contribution in [2.24, 2.45) is 17.3 Å². The Labute approximate surface area is 59.7 Å². The second-order valence-electron chi connectivity index (χ2n) is 3.75. The highest BCUT2D eigenvalue weighted by Gasteiger charge is 2.22. The second kappa shape index (κ2) is 2.72. The zero-order chi connectivity index (χ0) is 7.65. The topological polar surface area (TPSA) is 0 Å². The van der Waals surface area contributed by atoms with Gasteiger partial charge in [0.2, 0.25) is 0 Å². The molecule has 0 saturated heterocycles. The van der Waals surface area contributed by atoms with Crippen LogP contribution < -0.4 is 0 Å². The van der Waals surface area contributed by atoms with Crippen molar-refractivity contribution in [3.8, 4) is 0 Å². The monoisotopic (exact) mass is 126 g/mol. The lowest BCUT2D eigenvalue weighted by atomic mass is 9.76. The van der Waals surface area contributed by atoms with Crippen LogP contribution in [-0.2, 0) is 0 Å². The Bertz CT molecular complexity index is 74.5. The summed E-state index contributed by atoms with van der Waals surface area (Å²) in [6.45, 7) is 16.7. The first-order valence-corrected chi connectivity index (χ1v) is 3.54. The Morgan fingerprint density at radius 3 is 1.56 bits per heavy atom. The van der Waals surface area contributed by atoms with Gasteiger partial charge in [0.05, 0.1) is 0 Å². The SMILES string of the molecule is [CH2]C(C)C(C)C([CH2])(C)C. The van der Waals surface area contributed by atoms with Crippen molar-refractivity contribution < 1.29 is 0 Å². The van der Waals surface area contributed by atoms with E-state index in [1.807, 2.05) is 0 Å². The van der Waals surface area contributed by atoms with Crippen LogP contribution in [0.2, 0.25) is 0 Å². The summed E-state index contributed by atoms with van der Waals surface area (Å²) in [6.07, 6.45) is 0. The van der Waals surface area contributed by atoms with E-state index in [0.717, 1.165) is 0 Å². The molecule has 0 rings (SSSR count). The van der Waals surface area contributed by atoms with Crippen LogP contribution in [0.5, 0.6) is 0 Å². The second-order valence-corrected chi connectivity index (χ2v) is 3.75. The maximum absolute atomic E-state index is 4.05. The normalized spacial score (nSPS) is 16.3. The summed E-state index contributed by atoms with van der Waals surface area (Å²) in [5.41, 5.74) is 0.168. The summed E-state index contributed by atoms with van der Waals surface area (Å²) in [5, 5.41) is 0. The maximum Gasteiger partial charge on any atom is -0.0326 e. The Morgan fingerprint density at radius 2 is 1.56 bits per heavy atom. The molecule has 0 heteroatoms. The zero-order valence-electron chi connectivity index (χ0n) is 7.07. The van der Waals surface area contributed by atoms with Crippen molar-refractivity contribution in [3.63, 3.8) is 0 Å². The minimum absolute atomic E-state index is 0.168. The molecule has 0 heterocycles. The number of rotatable bonds is 2. The molecule has 0 aliphatic rings. The third-order valence-corrected chi connectivity index (χ3v) is 2.09. The molecule has 0 spiro atoms. The summed E-state index contributed by atoms with van der Waals surface area (Å²) in [6, 6.07) is 0. The van der Waals surface area contributed by atoms with Crippen molar-refractivity contribution in [3.05, 3.63) is 13.8 Å². The molecule has 0 amide bonds. The quantitative estimate of drug-likeness (QED) is 0.533. The maximum atomic E-state index is 4.05. The Morgan fingerprint density at radius 1 is 1.22 bits per heavy atom. The molecule has 2 atom stereocenters. The molecule has 2 radical (unpaired) electrons. The molecule has 0 nitrogen and oxygen atoms in total. The highest BCUT2D eigenvalue weighted by molar-refractivity contribution is 4.81. The fraction of sp³-hybridized carbons (Fsp3) is 0.778. The average molecular weight is 126 g/mol. The first-order chi connectivity index (χ1) is 3.85. The highest BCUT2D eigenvalue weighted by Crippen LogP contribution is 2.30. The van der Waals surface area contributed by atoms with Gasteiger partial charge in [0, 0.05) is 0 Å². The van der Waals surface area contributed by atoms with E-state index >= 15 is 0 Å². The van der Waals surface area contributed by atoms with Crippen LogP contribution in [0, 0.1) is 31.1 Å². The Balaban J connectivity index is 3.88. The van der Waals surface area contributed by atoms with Crippen molar-refractivity contribution in [1.29, 1.82) is 0 Å². The molecule has 0 aliphatic heterocycles. The van der Waals surface area contributed by atoms with E-state index in [0.29, 0.717) is 11.8 Å². The molecule has 0 bridgehead atoms. The van der Waals surface area contributed by atoms with E-state index in [1.165, 1.54) is 0 Å². The van der Waals surface area contributed by atoms with E-state index in [2.05, 4.69) is 41.5 Å². The van der Waals surface area contributed by atoms with Crippen LogP contribution in [0.3, 0.4) is 0 Å². The first kappa shape index (κ1) is 9.00. The lowest BCUT2D eigenvalue weighted by Crippen LogP contribution is -2.22. The number of hydrogen-bond acceptors (Lipinski definition) is 0. The van der Waals surface area contributed by atoms with Crippen LogP contribution in [0.4, 0.5) is 0 Å². The molecule has 9 heavy (non-hydrogen) atoms. The van der Waals surface area contributed by atoms with E-state index in [4.69, 9.17) is 0 Å². The van der Waals surface area contributed by atoms with E-state index in [1.54, 1.807) is 0 Å². The first-order valence-electron chi connectivity index (χ1n) is 3.54. The van der Waals surface area contributed by atoms with Crippen LogP contribution in [0.15, 0.2) is 0 Å². The van der Waals surface area contributed by atoms with E-state index in [9.17, 15) is 0 Å². The molecular weight excluding hydrogens is 108 g/mol. The molecule has 0 aromatic rings. The van der Waals surface area contributed by atoms with Crippen molar-refractivity contribution >= 4 is 0 Å². The third kappa shape index (κ3) is 2.88. The molecule has 54 valence electrons. The fourth-order valence-corrected chi connectivity index (χ4v) is 0.770. The predicted octanol–water partition coefficient (Wildman–Crippen LogP) is 2.95.